The first-order valence-electron chi connectivity index (χ1n) is 10.9. The van der Waals surface area contributed by atoms with Gasteiger partial charge in [-0.25, -0.2) is 0 Å². The summed E-state index contributed by atoms with van der Waals surface area (Å²) in [5, 5.41) is 1.11. The maximum absolute atomic E-state index is 5.99. The molecule has 0 fully saturated rings. The van der Waals surface area contributed by atoms with Gasteiger partial charge in [-0.1, -0.05) is 92.6 Å². The van der Waals surface area contributed by atoms with E-state index in [1.54, 1.807) is 0 Å². The number of halogens is 1. The quantitative estimate of drug-likeness (QED) is 0.0842. The van der Waals surface area contributed by atoms with Crippen molar-refractivity contribution in [3.05, 3.63) is 24.3 Å². The summed E-state index contributed by atoms with van der Waals surface area (Å²) in [5.74, 6) is 0. The minimum atomic E-state index is -0.0351. The van der Waals surface area contributed by atoms with E-state index in [9.17, 15) is 0 Å². The largest absolute Gasteiger partial charge is 0.352 e. The zero-order valence-corrected chi connectivity index (χ0v) is 19.0. The van der Waals surface area contributed by atoms with E-state index in [0.29, 0.717) is 0 Å². The lowest BCUT2D eigenvalue weighted by Crippen LogP contribution is -2.18. The van der Waals surface area contributed by atoms with Gasteiger partial charge in [0.2, 0.25) is 0 Å². The number of ether oxygens (including phenoxy) is 2. The zero-order chi connectivity index (χ0) is 19.1. The fourth-order valence-electron chi connectivity index (χ4n) is 2.62. The van der Waals surface area contributed by atoms with Gasteiger partial charge in [-0.05, 0) is 44.9 Å². The van der Waals surface area contributed by atoms with Crippen molar-refractivity contribution in [2.75, 3.05) is 18.5 Å². The van der Waals surface area contributed by atoms with Crippen LogP contribution in [-0.4, -0.2) is 24.8 Å². The van der Waals surface area contributed by atoms with Gasteiger partial charge in [0, 0.05) is 5.33 Å². The Morgan fingerprint density at radius 1 is 0.654 bits per heavy atom. The fraction of sp³-hybridized carbons (Fsp3) is 0.826. The summed E-state index contributed by atoms with van der Waals surface area (Å²) in [6.45, 7) is 5.99. The average Bonchev–Trinajstić information content (AvgIpc) is 2.65. The van der Waals surface area contributed by atoms with Gasteiger partial charge < -0.3 is 9.47 Å². The fourth-order valence-corrected chi connectivity index (χ4v) is 3.02. The molecule has 0 spiro atoms. The molecule has 26 heavy (non-hydrogen) atoms. The molecule has 0 unspecified atom stereocenters. The minimum absolute atomic E-state index is 0.0351. The first kappa shape index (κ1) is 25.9. The number of rotatable bonds is 20. The Balaban J connectivity index is 3.92. The summed E-state index contributed by atoms with van der Waals surface area (Å²) in [7, 11) is 0. The lowest BCUT2D eigenvalue weighted by Gasteiger charge is -2.18. The van der Waals surface area contributed by atoms with Crippen molar-refractivity contribution in [2.24, 2.45) is 0 Å². The summed E-state index contributed by atoms with van der Waals surface area (Å²) in [6.07, 6.45) is 24.5. The molecule has 0 saturated heterocycles. The number of hydrogen-bond donors (Lipinski definition) is 0. The first-order valence-corrected chi connectivity index (χ1v) is 12.1. The highest BCUT2D eigenvalue weighted by molar-refractivity contribution is 9.09. The van der Waals surface area contributed by atoms with Crippen molar-refractivity contribution in [3.8, 4) is 0 Å². The van der Waals surface area contributed by atoms with Crippen LogP contribution in [0.5, 0.6) is 0 Å². The first-order chi connectivity index (χ1) is 12.8. The van der Waals surface area contributed by atoms with Gasteiger partial charge in [-0.2, -0.15) is 0 Å². The highest BCUT2D eigenvalue weighted by atomic mass is 79.9. The molecule has 154 valence electrons. The Morgan fingerprint density at radius 2 is 1.15 bits per heavy atom. The SMILES string of the molecule is CCCC/C=C\CCOC(CCCCCCBr)OCC/C=C\CCCC. The maximum Gasteiger partial charge on any atom is 0.157 e. The van der Waals surface area contributed by atoms with Crippen LogP contribution >= 0.6 is 15.9 Å². The molecule has 0 radical (unpaired) electrons. The second-order valence-corrected chi connectivity index (χ2v) is 7.66. The van der Waals surface area contributed by atoms with Gasteiger partial charge in [0.25, 0.3) is 0 Å². The van der Waals surface area contributed by atoms with Gasteiger partial charge >= 0.3 is 0 Å². The van der Waals surface area contributed by atoms with Crippen molar-refractivity contribution in [2.45, 2.75) is 104 Å². The highest BCUT2D eigenvalue weighted by Crippen LogP contribution is 2.12. The monoisotopic (exact) mass is 430 g/mol. The smallest absolute Gasteiger partial charge is 0.157 e. The lowest BCUT2D eigenvalue weighted by atomic mass is 10.1. The maximum atomic E-state index is 5.99. The van der Waals surface area contributed by atoms with Crippen LogP contribution in [0.2, 0.25) is 0 Å². The van der Waals surface area contributed by atoms with E-state index in [1.807, 2.05) is 0 Å². The van der Waals surface area contributed by atoms with Crippen molar-refractivity contribution >= 4 is 15.9 Å². The summed E-state index contributed by atoms with van der Waals surface area (Å²) in [5.41, 5.74) is 0. The van der Waals surface area contributed by atoms with Crippen LogP contribution in [0.15, 0.2) is 24.3 Å². The molecule has 0 aliphatic carbocycles. The topological polar surface area (TPSA) is 18.5 Å². The second-order valence-electron chi connectivity index (χ2n) is 6.87. The predicted molar refractivity (Wildman–Crippen MR) is 119 cm³/mol. The minimum Gasteiger partial charge on any atom is -0.352 e. The van der Waals surface area contributed by atoms with Gasteiger partial charge in [-0.3, -0.25) is 0 Å². The summed E-state index contributed by atoms with van der Waals surface area (Å²) in [6, 6.07) is 0. The number of unbranched alkanes of at least 4 members (excludes halogenated alkanes) is 7. The predicted octanol–water partition coefficient (Wildman–Crippen LogP) is 7.96. The Morgan fingerprint density at radius 3 is 1.65 bits per heavy atom. The molecule has 0 aliphatic rings. The molecular formula is C23H43BrO2. The molecule has 0 N–H and O–H groups in total. The molecule has 0 amide bonds. The number of hydrogen-bond acceptors (Lipinski definition) is 2. The van der Waals surface area contributed by atoms with Crippen LogP contribution in [0.3, 0.4) is 0 Å². The third-order valence-corrected chi connectivity index (χ3v) is 4.84. The van der Waals surface area contributed by atoms with Crippen LogP contribution < -0.4 is 0 Å². The van der Waals surface area contributed by atoms with Crippen molar-refractivity contribution in [1.82, 2.24) is 0 Å². The Kier molecular flexibility index (Phi) is 22.8. The van der Waals surface area contributed by atoms with E-state index in [2.05, 4.69) is 54.1 Å². The highest BCUT2D eigenvalue weighted by Gasteiger charge is 2.08. The molecule has 2 nitrogen and oxygen atoms in total. The van der Waals surface area contributed by atoms with E-state index < -0.39 is 0 Å². The van der Waals surface area contributed by atoms with E-state index in [4.69, 9.17) is 9.47 Å². The molecule has 0 heterocycles. The molecule has 0 rings (SSSR count). The molecule has 3 heteroatoms. The summed E-state index contributed by atoms with van der Waals surface area (Å²) >= 11 is 3.50. The van der Waals surface area contributed by atoms with Crippen LogP contribution in [-0.2, 0) is 9.47 Å². The molecule has 0 bridgehead atoms. The molecular weight excluding hydrogens is 388 g/mol. The Hall–Kier alpha value is -0.120. The van der Waals surface area contributed by atoms with Crippen LogP contribution in [0.4, 0.5) is 0 Å². The van der Waals surface area contributed by atoms with Gasteiger partial charge in [0.05, 0.1) is 13.2 Å². The van der Waals surface area contributed by atoms with Crippen molar-refractivity contribution in [3.63, 3.8) is 0 Å². The van der Waals surface area contributed by atoms with Crippen LogP contribution in [0, 0.1) is 0 Å². The third kappa shape index (κ3) is 20.2. The molecule has 0 atom stereocenters. The van der Waals surface area contributed by atoms with Gasteiger partial charge in [0.15, 0.2) is 6.29 Å². The van der Waals surface area contributed by atoms with Gasteiger partial charge in [0.1, 0.15) is 0 Å². The number of allylic oxidation sites excluding steroid dienone is 2. The van der Waals surface area contributed by atoms with E-state index in [1.165, 1.54) is 64.2 Å². The van der Waals surface area contributed by atoms with E-state index >= 15 is 0 Å². The third-order valence-electron chi connectivity index (χ3n) is 4.28. The molecule has 0 aromatic heterocycles. The number of alkyl halides is 1. The van der Waals surface area contributed by atoms with Crippen molar-refractivity contribution < 1.29 is 9.47 Å². The van der Waals surface area contributed by atoms with Crippen LogP contribution in [0.25, 0.3) is 0 Å². The zero-order valence-electron chi connectivity index (χ0n) is 17.4. The molecule has 0 aromatic rings. The second kappa shape index (κ2) is 22.9. The lowest BCUT2D eigenvalue weighted by molar-refractivity contribution is -0.144. The summed E-state index contributed by atoms with van der Waals surface area (Å²) < 4.78 is 12.0. The average molecular weight is 431 g/mol. The normalized spacial score (nSPS) is 12.2. The Bertz CT molecular complexity index is 291. The Labute approximate surface area is 171 Å². The molecule has 0 aromatic carbocycles. The van der Waals surface area contributed by atoms with Crippen LogP contribution in [0.1, 0.15) is 97.3 Å². The van der Waals surface area contributed by atoms with Crippen molar-refractivity contribution in [1.29, 1.82) is 0 Å². The van der Waals surface area contributed by atoms with Gasteiger partial charge in [-0.15, -0.1) is 0 Å². The standard InChI is InChI=1S/C23H43BrO2/c1-3-5-7-9-13-17-21-25-23(19-15-11-12-16-20-24)26-22-18-14-10-8-6-4-2/h9-10,13-14,23H,3-8,11-12,15-22H2,1-2H3/b13-9-,14-10-. The molecule has 0 aliphatic heterocycles. The molecule has 0 saturated carbocycles. The van der Waals surface area contributed by atoms with E-state index in [-0.39, 0.29) is 6.29 Å². The summed E-state index contributed by atoms with van der Waals surface area (Å²) in [4.78, 5) is 0. The van der Waals surface area contributed by atoms with E-state index in [0.717, 1.165) is 37.8 Å².